The lowest BCUT2D eigenvalue weighted by Crippen LogP contribution is -2.44. The standard InChI is InChI=1S/C21H21N3O4/c1-27-15-6-2-5-14(10-15)24-21(26)19-17-8-7-16(28-17)18(19)20(25)23-12-13-4-3-9-22-11-13/h2-11,16-19H,12H2,1H3,(H,23,25)(H,24,26)/t16-,17-,18-,19-/m1/s1. The highest BCUT2D eigenvalue weighted by atomic mass is 16.5. The molecule has 0 spiro atoms. The van der Waals surface area contributed by atoms with Crippen LogP contribution in [0.2, 0.25) is 0 Å². The maximum Gasteiger partial charge on any atom is 0.231 e. The van der Waals surface area contributed by atoms with Gasteiger partial charge in [0.25, 0.3) is 0 Å². The fourth-order valence-electron chi connectivity index (χ4n) is 3.67. The van der Waals surface area contributed by atoms with E-state index in [9.17, 15) is 9.59 Å². The van der Waals surface area contributed by atoms with Crippen molar-refractivity contribution in [3.63, 3.8) is 0 Å². The Labute approximate surface area is 162 Å². The molecule has 28 heavy (non-hydrogen) atoms. The zero-order chi connectivity index (χ0) is 19.5. The van der Waals surface area contributed by atoms with Crippen LogP contribution in [0, 0.1) is 11.8 Å². The number of ether oxygens (including phenoxy) is 2. The Morgan fingerprint density at radius 1 is 1.11 bits per heavy atom. The number of rotatable bonds is 6. The second kappa shape index (κ2) is 7.82. The van der Waals surface area contributed by atoms with Gasteiger partial charge in [0, 0.05) is 30.7 Å². The maximum atomic E-state index is 12.9. The highest BCUT2D eigenvalue weighted by molar-refractivity contribution is 5.97. The zero-order valence-electron chi connectivity index (χ0n) is 15.4. The van der Waals surface area contributed by atoms with Gasteiger partial charge in [-0.15, -0.1) is 0 Å². The van der Waals surface area contributed by atoms with Crippen molar-refractivity contribution in [2.45, 2.75) is 18.8 Å². The summed E-state index contributed by atoms with van der Waals surface area (Å²) in [7, 11) is 1.57. The van der Waals surface area contributed by atoms with Crippen LogP contribution in [0.4, 0.5) is 5.69 Å². The van der Waals surface area contributed by atoms with Crippen molar-refractivity contribution in [2.75, 3.05) is 12.4 Å². The number of methoxy groups -OCH3 is 1. The van der Waals surface area contributed by atoms with Crippen LogP contribution in [0.3, 0.4) is 0 Å². The molecule has 2 N–H and O–H groups in total. The molecule has 4 atom stereocenters. The average Bonchev–Trinajstić information content (AvgIpc) is 3.34. The van der Waals surface area contributed by atoms with Gasteiger partial charge in [-0.2, -0.15) is 0 Å². The molecule has 0 saturated carbocycles. The third-order valence-corrected chi connectivity index (χ3v) is 5.03. The summed E-state index contributed by atoms with van der Waals surface area (Å²) in [5, 5.41) is 5.78. The first-order valence-electron chi connectivity index (χ1n) is 9.11. The van der Waals surface area contributed by atoms with Crippen LogP contribution in [0.15, 0.2) is 60.9 Å². The minimum absolute atomic E-state index is 0.202. The summed E-state index contributed by atoms with van der Waals surface area (Å²) in [4.78, 5) is 29.8. The molecule has 3 heterocycles. The lowest BCUT2D eigenvalue weighted by atomic mass is 9.81. The van der Waals surface area contributed by atoms with Gasteiger partial charge in [-0.3, -0.25) is 14.6 Å². The summed E-state index contributed by atoms with van der Waals surface area (Å²) < 4.78 is 11.0. The second-order valence-corrected chi connectivity index (χ2v) is 6.80. The Morgan fingerprint density at radius 2 is 1.89 bits per heavy atom. The van der Waals surface area contributed by atoms with Crippen molar-refractivity contribution in [2.24, 2.45) is 11.8 Å². The number of carbonyl (C=O) groups excluding carboxylic acids is 2. The topological polar surface area (TPSA) is 89.5 Å². The number of anilines is 1. The largest absolute Gasteiger partial charge is 0.497 e. The van der Waals surface area contributed by atoms with Crippen LogP contribution in [-0.2, 0) is 20.9 Å². The molecule has 0 radical (unpaired) electrons. The van der Waals surface area contributed by atoms with Crippen LogP contribution in [0.1, 0.15) is 5.56 Å². The molecule has 1 aromatic heterocycles. The molecule has 2 bridgehead atoms. The Bertz CT molecular complexity index is 900. The third kappa shape index (κ3) is 3.61. The molecule has 4 rings (SSSR count). The highest BCUT2D eigenvalue weighted by Gasteiger charge is 2.52. The summed E-state index contributed by atoms with van der Waals surface area (Å²) in [5.41, 5.74) is 1.51. The SMILES string of the molecule is COc1cccc(NC(=O)[C@H]2[C@H](C(=O)NCc3cccnc3)[C@H]3C=C[C@H]2O3)c1. The average molecular weight is 379 g/mol. The summed E-state index contributed by atoms with van der Waals surface area (Å²) in [6, 6.07) is 10.8. The van der Waals surface area contributed by atoms with E-state index in [4.69, 9.17) is 9.47 Å². The smallest absolute Gasteiger partial charge is 0.231 e. The van der Waals surface area contributed by atoms with E-state index >= 15 is 0 Å². The Morgan fingerprint density at radius 3 is 2.61 bits per heavy atom. The van der Waals surface area contributed by atoms with Crippen molar-refractivity contribution in [1.82, 2.24) is 10.3 Å². The predicted octanol–water partition coefficient (Wildman–Crippen LogP) is 1.91. The Balaban J connectivity index is 1.46. The van der Waals surface area contributed by atoms with Crippen LogP contribution >= 0.6 is 0 Å². The monoisotopic (exact) mass is 379 g/mol. The molecule has 1 aromatic carbocycles. The van der Waals surface area contributed by atoms with Gasteiger partial charge in [-0.1, -0.05) is 24.3 Å². The number of aromatic nitrogens is 1. The van der Waals surface area contributed by atoms with Gasteiger partial charge in [0.1, 0.15) is 5.75 Å². The molecule has 2 aliphatic heterocycles. The van der Waals surface area contributed by atoms with Gasteiger partial charge in [0.05, 0.1) is 31.2 Å². The van der Waals surface area contributed by atoms with Gasteiger partial charge >= 0.3 is 0 Å². The van der Waals surface area contributed by atoms with E-state index in [1.807, 2.05) is 24.3 Å². The number of pyridine rings is 1. The van der Waals surface area contributed by atoms with E-state index in [1.54, 1.807) is 43.8 Å². The number of carbonyl (C=O) groups is 2. The second-order valence-electron chi connectivity index (χ2n) is 6.80. The predicted molar refractivity (Wildman–Crippen MR) is 102 cm³/mol. The molecule has 144 valence electrons. The Kier molecular flexibility index (Phi) is 5.08. The van der Waals surface area contributed by atoms with Crippen LogP contribution in [-0.4, -0.2) is 36.1 Å². The number of nitrogens with one attached hydrogen (secondary N) is 2. The molecule has 0 unspecified atom stereocenters. The van der Waals surface area contributed by atoms with E-state index in [0.29, 0.717) is 18.0 Å². The first kappa shape index (κ1) is 18.2. The molecule has 7 nitrogen and oxygen atoms in total. The van der Waals surface area contributed by atoms with E-state index in [-0.39, 0.29) is 17.9 Å². The van der Waals surface area contributed by atoms with E-state index in [0.717, 1.165) is 5.56 Å². The summed E-state index contributed by atoms with van der Waals surface area (Å²) in [6.07, 6.45) is 6.30. The molecule has 2 aromatic rings. The molecular formula is C21H21N3O4. The fourth-order valence-corrected chi connectivity index (χ4v) is 3.67. The molecule has 1 fully saturated rings. The number of hydrogen-bond donors (Lipinski definition) is 2. The fraction of sp³-hybridized carbons (Fsp3) is 0.286. The summed E-state index contributed by atoms with van der Waals surface area (Å²) in [5.74, 6) is -0.960. The van der Waals surface area contributed by atoms with Crippen LogP contribution in [0.5, 0.6) is 5.75 Å². The maximum absolute atomic E-state index is 12.9. The van der Waals surface area contributed by atoms with Crippen molar-refractivity contribution in [3.05, 3.63) is 66.5 Å². The number of fused-ring (bicyclic) bond motifs is 2. The first-order chi connectivity index (χ1) is 13.7. The minimum atomic E-state index is -0.588. The third-order valence-electron chi connectivity index (χ3n) is 5.03. The van der Waals surface area contributed by atoms with Gasteiger partial charge < -0.3 is 20.1 Å². The van der Waals surface area contributed by atoms with Crippen molar-refractivity contribution < 1.29 is 19.1 Å². The molecule has 2 aliphatic rings. The summed E-state index contributed by atoms with van der Waals surface area (Å²) >= 11 is 0. The van der Waals surface area contributed by atoms with Crippen LogP contribution in [0.25, 0.3) is 0 Å². The molecular weight excluding hydrogens is 358 g/mol. The molecule has 7 heteroatoms. The molecule has 0 aliphatic carbocycles. The van der Waals surface area contributed by atoms with Gasteiger partial charge in [-0.25, -0.2) is 0 Å². The number of nitrogens with zero attached hydrogens (tertiary/aromatic N) is 1. The van der Waals surface area contributed by atoms with Gasteiger partial charge in [0.15, 0.2) is 0 Å². The molecule has 2 amide bonds. The van der Waals surface area contributed by atoms with Crippen molar-refractivity contribution >= 4 is 17.5 Å². The van der Waals surface area contributed by atoms with Gasteiger partial charge in [-0.05, 0) is 23.8 Å². The van der Waals surface area contributed by atoms with E-state index < -0.39 is 17.9 Å². The normalized spacial score (nSPS) is 24.8. The van der Waals surface area contributed by atoms with Gasteiger partial charge in [0.2, 0.25) is 11.8 Å². The minimum Gasteiger partial charge on any atom is -0.497 e. The first-order valence-corrected chi connectivity index (χ1v) is 9.11. The van der Waals surface area contributed by atoms with E-state index in [1.165, 1.54) is 0 Å². The Hall–Kier alpha value is -3.19. The van der Waals surface area contributed by atoms with Crippen molar-refractivity contribution in [1.29, 1.82) is 0 Å². The van der Waals surface area contributed by atoms with Crippen molar-refractivity contribution in [3.8, 4) is 5.75 Å². The van der Waals surface area contributed by atoms with Crippen LogP contribution < -0.4 is 15.4 Å². The zero-order valence-corrected chi connectivity index (χ0v) is 15.4. The highest BCUT2D eigenvalue weighted by Crippen LogP contribution is 2.40. The lowest BCUT2D eigenvalue weighted by Gasteiger charge is -2.23. The number of benzene rings is 1. The summed E-state index contributed by atoms with van der Waals surface area (Å²) in [6.45, 7) is 0.356. The van der Waals surface area contributed by atoms with E-state index in [2.05, 4.69) is 15.6 Å². The lowest BCUT2D eigenvalue weighted by molar-refractivity contribution is -0.131. The quantitative estimate of drug-likeness (QED) is 0.749. The number of amides is 2. The molecule has 1 saturated heterocycles. The number of hydrogen-bond acceptors (Lipinski definition) is 5.